The summed E-state index contributed by atoms with van der Waals surface area (Å²) in [4.78, 5) is 38.2. The van der Waals surface area contributed by atoms with Gasteiger partial charge in [-0.3, -0.25) is 14.4 Å². The van der Waals surface area contributed by atoms with Crippen LogP contribution in [0.25, 0.3) is 74.0 Å². The number of amides is 1. The molecular weight excluding hydrogens is 1520 g/mol. The van der Waals surface area contributed by atoms with Gasteiger partial charge in [0.05, 0.1) is 17.4 Å². The molecule has 0 fully saturated rings. The van der Waals surface area contributed by atoms with Gasteiger partial charge in [-0.25, -0.2) is 0 Å². The molecule has 10 aromatic carbocycles. The minimum Gasteiger partial charge on any atom is -0.465 e. The molecule has 4 aromatic heterocycles. The van der Waals surface area contributed by atoms with E-state index in [0.29, 0.717) is 36.0 Å². The van der Waals surface area contributed by atoms with Crippen LogP contribution < -0.4 is 10.1 Å². The second-order valence-electron chi connectivity index (χ2n) is 29.3. The van der Waals surface area contributed by atoms with Gasteiger partial charge < -0.3 is 24.2 Å². The molecule has 0 aliphatic rings. The summed E-state index contributed by atoms with van der Waals surface area (Å²) in [6.07, 6.45) is 7.99. The molecule has 0 saturated carbocycles. The molecule has 121 heavy (non-hydrogen) atoms. The smallest absolute Gasteiger partial charge is 0.316 e. The zero-order valence-electron chi connectivity index (χ0n) is 80.2. The molecular formula is C111H156N2O6S2. The van der Waals surface area contributed by atoms with Crippen LogP contribution in [0.2, 0.25) is 0 Å². The first-order valence-corrected chi connectivity index (χ1v) is 47.4. The molecule has 4 heterocycles. The van der Waals surface area contributed by atoms with Crippen molar-refractivity contribution >= 4 is 120 Å². The van der Waals surface area contributed by atoms with Crippen molar-refractivity contribution in [3.63, 3.8) is 0 Å². The maximum Gasteiger partial charge on any atom is 0.316 e. The molecule has 8 nitrogen and oxygen atoms in total. The van der Waals surface area contributed by atoms with E-state index in [-0.39, 0.29) is 29.2 Å². The number of esters is 2. The van der Waals surface area contributed by atoms with Crippen LogP contribution in [0.1, 0.15) is 304 Å². The fourth-order valence-corrected chi connectivity index (χ4v) is 13.9. The maximum absolute atomic E-state index is 11.7. The Morgan fingerprint density at radius 3 is 1.45 bits per heavy atom. The van der Waals surface area contributed by atoms with Gasteiger partial charge in [-0.05, 0) is 202 Å². The van der Waals surface area contributed by atoms with E-state index in [1.165, 1.54) is 110 Å². The van der Waals surface area contributed by atoms with Crippen molar-refractivity contribution in [2.45, 2.75) is 283 Å². The van der Waals surface area contributed by atoms with Crippen LogP contribution in [0, 0.1) is 16.7 Å². The largest absolute Gasteiger partial charge is 0.465 e. The van der Waals surface area contributed by atoms with Gasteiger partial charge in [0.15, 0.2) is 0 Å². The Hall–Kier alpha value is -9.61. The highest BCUT2D eigenvalue weighted by atomic mass is 32.1. The number of hydrogen-bond acceptors (Lipinski definition) is 8. The van der Waals surface area contributed by atoms with E-state index >= 15 is 0 Å². The van der Waals surface area contributed by atoms with Gasteiger partial charge in [0, 0.05) is 75.5 Å². The number of para-hydroxylation sites is 4. The minimum atomic E-state index is -0.407. The van der Waals surface area contributed by atoms with Gasteiger partial charge in [-0.2, -0.15) is 0 Å². The average molecular weight is 1680 g/mol. The monoisotopic (exact) mass is 1680 g/mol. The third-order valence-corrected chi connectivity index (χ3v) is 23.1. The number of furan rings is 1. The predicted octanol–water partition coefficient (Wildman–Crippen LogP) is 36.0. The fourth-order valence-electron chi connectivity index (χ4n) is 11.8. The van der Waals surface area contributed by atoms with Gasteiger partial charge in [0.2, 0.25) is 5.91 Å². The number of aromatic amines is 1. The van der Waals surface area contributed by atoms with Crippen LogP contribution in [0.3, 0.4) is 0 Å². The number of ether oxygens (including phenoxy) is 2. The van der Waals surface area contributed by atoms with Gasteiger partial charge in [0.1, 0.15) is 16.9 Å². The summed E-state index contributed by atoms with van der Waals surface area (Å²) in [7, 11) is 0. The molecule has 0 aliphatic heterocycles. The van der Waals surface area contributed by atoms with Gasteiger partial charge in [-0.1, -0.05) is 356 Å². The van der Waals surface area contributed by atoms with Gasteiger partial charge in [-0.15, -0.1) is 22.7 Å². The first-order valence-electron chi connectivity index (χ1n) is 45.7. The molecule has 5 unspecified atom stereocenters. The van der Waals surface area contributed by atoms with Crippen LogP contribution in [-0.4, -0.2) is 29.4 Å². The molecule has 0 bridgehead atoms. The number of benzene rings is 10. The number of fused-ring (bicyclic) bond motifs is 10. The van der Waals surface area contributed by atoms with E-state index in [4.69, 9.17) is 13.9 Å². The lowest BCUT2D eigenvalue weighted by Gasteiger charge is -2.20. The quantitative estimate of drug-likeness (QED) is 0.0616. The van der Waals surface area contributed by atoms with E-state index in [1.54, 1.807) is 12.1 Å². The summed E-state index contributed by atoms with van der Waals surface area (Å²) >= 11 is 3.75. The highest BCUT2D eigenvalue weighted by Crippen LogP contribution is 2.40. The number of rotatable bonds is 19. The Kier molecular flexibility index (Phi) is 55.7. The average Bonchev–Trinajstić information content (AvgIpc) is 1.61. The molecule has 14 aromatic rings. The zero-order valence-corrected chi connectivity index (χ0v) is 81.8. The number of H-pyrrole nitrogens is 1. The molecule has 658 valence electrons. The number of aromatic nitrogens is 1. The Morgan fingerprint density at radius 1 is 0.413 bits per heavy atom. The van der Waals surface area contributed by atoms with Gasteiger partial charge >= 0.3 is 11.9 Å². The Bertz CT molecular complexity index is 5040. The molecule has 2 N–H and O–H groups in total. The molecule has 0 spiro atoms. The van der Waals surface area contributed by atoms with Gasteiger partial charge in [0.25, 0.3) is 0 Å². The van der Waals surface area contributed by atoms with Crippen molar-refractivity contribution in [2.24, 2.45) is 16.7 Å². The molecule has 1 amide bonds. The lowest BCUT2D eigenvalue weighted by atomic mass is 9.91. The number of nitrogens with one attached hydrogen (secondary N) is 2. The first kappa shape index (κ1) is 109. The third-order valence-electron chi connectivity index (χ3n) is 20.9. The highest BCUT2D eigenvalue weighted by molar-refractivity contribution is 7.26. The molecule has 0 radical (unpaired) electrons. The molecule has 10 heteroatoms. The fraction of sp³-hybridized carbons (Fsp3) is 0.414. The van der Waals surface area contributed by atoms with Crippen molar-refractivity contribution in [1.29, 1.82) is 0 Å². The Balaban J connectivity index is 0.000000690. The van der Waals surface area contributed by atoms with Crippen LogP contribution >= 0.6 is 22.7 Å². The van der Waals surface area contributed by atoms with Crippen LogP contribution in [0.4, 0.5) is 5.69 Å². The maximum atomic E-state index is 11.7. The standard InChI is InChI=1S/C16H17N.C16H16O.C16H16S.C14H20O2.C12H16O2.C12H14S.C11H15NO.7C2H6/c1-3-11(2)12-8-6-10-15-16(12)13-7-4-5-9-14(13)17-15;1-3-11(2)12-8-9-14-13-6-4-5-7-15(13)17-16(14)10-12;1-3-11(2)12-8-6-9-14-13-7-4-5-10-15(13)17-16(12)14;1-4-14(2,3)13(15)16-11-10-12-8-6-5-7-9-12;1-4-12(2,3)11(13)14-10-8-6-5-7-9-10;1-3-9(2)10-4-5-12-11(8-10)6-7-13-12;1-3-9(2)11(13)12-10-7-5-4-6-8-10;7*1-2/h4-11,17H,3H2,1-2H3;2*4-11H,3H2,1-2H3;5-9H,4,10-11H2,1-3H3;5-9H,4H2,1-3H3;4-9H,3H2,1-2H3;4-9H,3H2,1-2H3,(H,12,13);7*1-2H3. The SMILES string of the molecule is CC.CC.CC.CC.CC.CC.CC.CCC(C)(C)C(=O)OCCc1ccccc1.CCC(C)(C)C(=O)Oc1ccccc1.CCC(C)C(=O)Nc1ccccc1.CCC(C)c1ccc2c(c1)oc1ccccc12.CCC(C)c1ccc2sccc2c1.CCC(C)c1cccc2[nH]c3ccccc3c12.CCC(C)c1cccc2c1sc1ccccc12. The number of carbonyl (C=O) groups excluding carboxylic acids is 3. The Labute approximate surface area is 741 Å². The lowest BCUT2D eigenvalue weighted by molar-refractivity contribution is -0.154. The van der Waals surface area contributed by atoms with Crippen molar-refractivity contribution in [2.75, 3.05) is 11.9 Å². The summed E-state index contributed by atoms with van der Waals surface area (Å²) in [6, 6.07) is 83.1. The number of anilines is 1. The second kappa shape index (κ2) is 61.6. The zero-order chi connectivity index (χ0) is 91.0. The summed E-state index contributed by atoms with van der Waals surface area (Å²) in [5.41, 5.74) is 11.6. The van der Waals surface area contributed by atoms with Crippen molar-refractivity contribution in [3.8, 4) is 5.75 Å². The minimum absolute atomic E-state index is 0.0835. The van der Waals surface area contributed by atoms with Crippen LogP contribution in [0.5, 0.6) is 5.75 Å². The van der Waals surface area contributed by atoms with E-state index < -0.39 is 5.41 Å². The normalized spacial score (nSPS) is 11.5. The van der Waals surface area contributed by atoms with E-state index in [9.17, 15) is 14.4 Å². The summed E-state index contributed by atoms with van der Waals surface area (Å²) < 4.78 is 20.7. The number of thiophene rings is 2. The van der Waals surface area contributed by atoms with Crippen molar-refractivity contribution in [3.05, 3.63) is 276 Å². The number of hydrogen-bond donors (Lipinski definition) is 2. The van der Waals surface area contributed by atoms with E-state index in [0.717, 1.165) is 49.0 Å². The Morgan fingerprint density at radius 2 is 0.876 bits per heavy atom. The topological polar surface area (TPSA) is 111 Å². The summed E-state index contributed by atoms with van der Waals surface area (Å²) in [5.74, 6) is 3.03. The molecule has 0 aliphatic carbocycles. The van der Waals surface area contributed by atoms with Crippen molar-refractivity contribution in [1.82, 2.24) is 4.98 Å². The molecule has 5 atom stereocenters. The van der Waals surface area contributed by atoms with E-state index in [2.05, 4.69) is 211 Å². The van der Waals surface area contributed by atoms with Crippen molar-refractivity contribution < 1.29 is 28.3 Å². The third kappa shape index (κ3) is 34.7. The number of carbonyl (C=O) groups is 3. The lowest BCUT2D eigenvalue weighted by Crippen LogP contribution is -2.28. The van der Waals surface area contributed by atoms with E-state index in [1.807, 2.05) is 266 Å². The molecule has 14 rings (SSSR count). The second-order valence-corrected chi connectivity index (χ2v) is 31.3. The highest BCUT2D eigenvalue weighted by Gasteiger charge is 2.28. The molecule has 0 saturated heterocycles. The summed E-state index contributed by atoms with van der Waals surface area (Å²) in [5, 5.41) is 14.4. The predicted molar refractivity (Wildman–Crippen MR) is 541 cm³/mol. The first-order chi connectivity index (χ1) is 58.6. The summed E-state index contributed by atoms with van der Waals surface area (Å²) in [6.45, 7) is 62.1. The van der Waals surface area contributed by atoms with Crippen LogP contribution in [0.15, 0.2) is 252 Å². The van der Waals surface area contributed by atoms with Crippen LogP contribution in [-0.2, 0) is 25.5 Å².